The molecule has 1 aromatic carbocycles. The van der Waals surface area contributed by atoms with Gasteiger partial charge in [-0.25, -0.2) is 4.79 Å². The summed E-state index contributed by atoms with van der Waals surface area (Å²) in [5, 5.41) is 0. The molecule has 0 aliphatic heterocycles. The smallest absolute Gasteiger partial charge is 0.331 e. The molecule has 136 valence electrons. The minimum atomic E-state index is -0.594. The number of methoxy groups -OCH3 is 1. The molecule has 3 N–H and O–H groups in total. The number of amides is 1. The summed E-state index contributed by atoms with van der Waals surface area (Å²) < 4.78 is 13.0. The summed E-state index contributed by atoms with van der Waals surface area (Å²) in [5.74, 6) is 0.183. The van der Waals surface area contributed by atoms with E-state index in [1.807, 2.05) is 0 Å². The maximum atomic E-state index is 12.3. The Morgan fingerprint density at radius 1 is 1.15 bits per heavy atom. The normalized spacial score (nSPS) is 10.9. The Labute approximate surface area is 147 Å². The van der Waals surface area contributed by atoms with E-state index < -0.39 is 17.2 Å². The summed E-state index contributed by atoms with van der Waals surface area (Å²) in [6.07, 6.45) is 0. The van der Waals surface area contributed by atoms with Crippen molar-refractivity contribution in [2.75, 3.05) is 13.7 Å². The number of hydrogen-bond donors (Lipinski definition) is 2. The van der Waals surface area contributed by atoms with Crippen molar-refractivity contribution in [3.8, 4) is 22.8 Å². The molecular weight excluding hydrogens is 340 g/mol. The second kappa shape index (κ2) is 6.43. The first-order chi connectivity index (χ1) is 12.3. The second-order valence-electron chi connectivity index (χ2n) is 5.77. The lowest BCUT2D eigenvalue weighted by Crippen LogP contribution is -2.36. The molecule has 1 amide bonds. The fourth-order valence-electron chi connectivity index (χ4n) is 2.71. The third-order valence-electron chi connectivity index (χ3n) is 4.10. The third-order valence-corrected chi connectivity index (χ3v) is 4.10. The van der Waals surface area contributed by atoms with Gasteiger partial charge in [0.25, 0.3) is 11.5 Å². The predicted octanol–water partition coefficient (Wildman–Crippen LogP) is 0.105. The highest BCUT2D eigenvalue weighted by atomic mass is 16.5. The van der Waals surface area contributed by atoms with E-state index in [4.69, 9.17) is 15.2 Å². The summed E-state index contributed by atoms with van der Waals surface area (Å²) in [4.78, 5) is 38.3. The number of nitrogens with one attached hydrogen (secondary N) is 1. The molecule has 9 nitrogen and oxygen atoms in total. The number of nitrogens with zero attached hydrogens (tertiary/aromatic N) is 2. The summed E-state index contributed by atoms with van der Waals surface area (Å²) in [5.41, 5.74) is 6.47. The van der Waals surface area contributed by atoms with Crippen LogP contribution in [0, 0.1) is 0 Å². The van der Waals surface area contributed by atoms with E-state index in [0.717, 1.165) is 10.1 Å². The van der Waals surface area contributed by atoms with Crippen LogP contribution >= 0.6 is 0 Å². The Morgan fingerprint density at radius 2 is 1.88 bits per heavy atom. The van der Waals surface area contributed by atoms with Crippen LogP contribution in [-0.2, 0) is 18.9 Å². The highest BCUT2D eigenvalue weighted by Gasteiger charge is 2.14. The van der Waals surface area contributed by atoms with Crippen LogP contribution in [0.1, 0.15) is 0 Å². The second-order valence-corrected chi connectivity index (χ2v) is 5.77. The number of carbonyl (C=O) groups is 1. The van der Waals surface area contributed by atoms with Crippen LogP contribution in [0.25, 0.3) is 22.3 Å². The number of H-pyrrole nitrogens is 1. The van der Waals surface area contributed by atoms with Gasteiger partial charge < -0.3 is 20.2 Å². The SMILES string of the molecule is COc1cc(-c2cc3c([nH]2)c(=O)n(C)c(=O)n3C)ccc1OCC(N)=O. The summed E-state index contributed by atoms with van der Waals surface area (Å²) >= 11 is 0. The zero-order chi connectivity index (χ0) is 19.0. The molecule has 0 saturated heterocycles. The average molecular weight is 358 g/mol. The van der Waals surface area contributed by atoms with E-state index in [1.54, 1.807) is 31.3 Å². The number of aromatic amines is 1. The van der Waals surface area contributed by atoms with Gasteiger partial charge in [-0.1, -0.05) is 0 Å². The highest BCUT2D eigenvalue weighted by molar-refractivity contribution is 5.83. The Kier molecular flexibility index (Phi) is 4.29. The molecule has 3 aromatic rings. The monoisotopic (exact) mass is 358 g/mol. The Bertz CT molecular complexity index is 1120. The molecular formula is C17H18N4O5. The van der Waals surface area contributed by atoms with E-state index in [-0.39, 0.29) is 6.61 Å². The molecule has 0 unspecified atom stereocenters. The molecule has 2 heterocycles. The van der Waals surface area contributed by atoms with Crippen LogP contribution in [-0.4, -0.2) is 33.7 Å². The minimum Gasteiger partial charge on any atom is -0.493 e. The molecule has 0 bridgehead atoms. The van der Waals surface area contributed by atoms with Crippen molar-refractivity contribution in [3.63, 3.8) is 0 Å². The number of aromatic nitrogens is 3. The molecule has 2 aromatic heterocycles. The number of ether oxygens (including phenoxy) is 2. The van der Waals surface area contributed by atoms with Crippen molar-refractivity contribution in [1.29, 1.82) is 0 Å². The molecule has 26 heavy (non-hydrogen) atoms. The van der Waals surface area contributed by atoms with Gasteiger partial charge >= 0.3 is 5.69 Å². The first-order valence-electron chi connectivity index (χ1n) is 7.71. The first-order valence-corrected chi connectivity index (χ1v) is 7.71. The van der Waals surface area contributed by atoms with Crippen LogP contribution in [0.3, 0.4) is 0 Å². The third kappa shape index (κ3) is 2.83. The molecule has 0 radical (unpaired) electrons. The Hall–Kier alpha value is -3.49. The lowest BCUT2D eigenvalue weighted by molar-refractivity contribution is -0.119. The maximum Gasteiger partial charge on any atom is 0.331 e. The lowest BCUT2D eigenvalue weighted by Gasteiger charge is -2.10. The van der Waals surface area contributed by atoms with E-state index >= 15 is 0 Å². The first kappa shape index (κ1) is 17.3. The fraction of sp³-hybridized carbons (Fsp3) is 0.235. The zero-order valence-corrected chi connectivity index (χ0v) is 14.5. The van der Waals surface area contributed by atoms with Crippen LogP contribution < -0.4 is 26.5 Å². The van der Waals surface area contributed by atoms with Gasteiger partial charge in [0.2, 0.25) is 0 Å². The molecule has 0 atom stereocenters. The van der Waals surface area contributed by atoms with Gasteiger partial charge in [0.1, 0.15) is 5.52 Å². The molecule has 9 heteroatoms. The minimum absolute atomic E-state index is 0.264. The zero-order valence-electron chi connectivity index (χ0n) is 14.5. The maximum absolute atomic E-state index is 12.3. The number of primary amides is 1. The average Bonchev–Trinajstić information content (AvgIpc) is 3.08. The Morgan fingerprint density at radius 3 is 2.54 bits per heavy atom. The van der Waals surface area contributed by atoms with Crippen LogP contribution in [0.2, 0.25) is 0 Å². The van der Waals surface area contributed by atoms with Gasteiger partial charge in [-0.2, -0.15) is 0 Å². The molecule has 0 fully saturated rings. The number of rotatable bonds is 5. The van der Waals surface area contributed by atoms with Gasteiger partial charge in [-0.05, 0) is 24.3 Å². The van der Waals surface area contributed by atoms with E-state index in [9.17, 15) is 14.4 Å². The Balaban J connectivity index is 2.11. The van der Waals surface area contributed by atoms with Gasteiger partial charge in [-0.15, -0.1) is 0 Å². The standard InChI is InChI=1S/C17H18N4O5/c1-20-11-7-10(19-15(11)16(23)21(2)17(20)24)9-4-5-12(13(6-9)25-3)26-8-14(18)22/h4-7,19H,8H2,1-3H3,(H2,18,22). The number of aryl methyl sites for hydroxylation is 1. The number of hydrogen-bond acceptors (Lipinski definition) is 5. The molecule has 3 rings (SSSR count). The molecule has 0 aliphatic rings. The van der Waals surface area contributed by atoms with Crippen molar-refractivity contribution in [3.05, 3.63) is 45.1 Å². The number of carbonyl (C=O) groups excluding carboxylic acids is 1. The quantitative estimate of drug-likeness (QED) is 0.670. The number of fused-ring (bicyclic) bond motifs is 1. The van der Waals surface area contributed by atoms with E-state index in [1.165, 1.54) is 18.7 Å². The summed E-state index contributed by atoms with van der Waals surface area (Å²) in [7, 11) is 4.50. The highest BCUT2D eigenvalue weighted by Crippen LogP contribution is 2.32. The lowest BCUT2D eigenvalue weighted by atomic mass is 10.1. The largest absolute Gasteiger partial charge is 0.493 e. The predicted molar refractivity (Wildman–Crippen MR) is 95.5 cm³/mol. The molecule has 0 aliphatic carbocycles. The van der Waals surface area contributed by atoms with Crippen molar-refractivity contribution < 1.29 is 14.3 Å². The topological polar surface area (TPSA) is 121 Å². The van der Waals surface area contributed by atoms with Gasteiger partial charge in [0.05, 0.1) is 12.6 Å². The number of benzene rings is 1. The summed E-state index contributed by atoms with van der Waals surface area (Å²) in [6.45, 7) is -0.264. The summed E-state index contributed by atoms with van der Waals surface area (Å²) in [6, 6.07) is 6.80. The molecule has 0 saturated carbocycles. The van der Waals surface area contributed by atoms with Gasteiger partial charge in [0.15, 0.2) is 18.1 Å². The van der Waals surface area contributed by atoms with Gasteiger partial charge in [0, 0.05) is 25.4 Å². The molecule has 0 spiro atoms. The fourth-order valence-corrected chi connectivity index (χ4v) is 2.71. The van der Waals surface area contributed by atoms with Crippen LogP contribution in [0.15, 0.2) is 33.9 Å². The van der Waals surface area contributed by atoms with Crippen molar-refractivity contribution in [2.24, 2.45) is 19.8 Å². The van der Waals surface area contributed by atoms with Crippen molar-refractivity contribution in [1.82, 2.24) is 14.1 Å². The van der Waals surface area contributed by atoms with Crippen LogP contribution in [0.4, 0.5) is 0 Å². The van der Waals surface area contributed by atoms with E-state index in [0.29, 0.717) is 28.2 Å². The van der Waals surface area contributed by atoms with E-state index in [2.05, 4.69) is 4.98 Å². The van der Waals surface area contributed by atoms with Crippen molar-refractivity contribution >= 4 is 16.9 Å². The van der Waals surface area contributed by atoms with Gasteiger partial charge in [-0.3, -0.25) is 18.7 Å². The number of nitrogens with two attached hydrogens (primary N) is 1. The van der Waals surface area contributed by atoms with Crippen molar-refractivity contribution in [2.45, 2.75) is 0 Å². The van der Waals surface area contributed by atoms with Crippen LogP contribution in [0.5, 0.6) is 11.5 Å².